The molecule has 158 valence electrons. The van der Waals surface area contributed by atoms with E-state index in [0.717, 1.165) is 23.0 Å². The van der Waals surface area contributed by atoms with Crippen molar-refractivity contribution in [2.24, 2.45) is 10.1 Å². The lowest BCUT2D eigenvalue weighted by Crippen LogP contribution is -2.35. The number of nitrogens with zero attached hydrogens (tertiary/aromatic N) is 4. The molecular formula is C23H15ClFN5OS. The van der Waals surface area contributed by atoms with Crippen molar-refractivity contribution in [1.29, 1.82) is 5.41 Å². The maximum absolute atomic E-state index is 14.2. The summed E-state index contributed by atoms with van der Waals surface area (Å²) in [6.45, 7) is 0.511. The molecule has 5 rings (SSSR count). The van der Waals surface area contributed by atoms with Gasteiger partial charge in [-0.2, -0.15) is 15.1 Å². The largest absolute Gasteiger partial charge is 0.343 e. The zero-order valence-corrected chi connectivity index (χ0v) is 18.1. The maximum Gasteiger partial charge on any atom is 0.283 e. The van der Waals surface area contributed by atoms with Gasteiger partial charge in [-0.05, 0) is 53.7 Å². The third kappa shape index (κ3) is 3.68. The molecule has 6 nitrogen and oxygen atoms in total. The monoisotopic (exact) mass is 463 g/mol. The molecular weight excluding hydrogens is 449 g/mol. The molecule has 3 aromatic rings. The molecule has 1 aromatic heterocycles. The normalized spacial score (nSPS) is 16.9. The lowest BCUT2D eigenvalue weighted by Gasteiger charge is -2.20. The van der Waals surface area contributed by atoms with Crippen molar-refractivity contribution in [2.45, 2.75) is 6.54 Å². The van der Waals surface area contributed by atoms with Gasteiger partial charge in [0.1, 0.15) is 10.9 Å². The molecule has 3 heterocycles. The summed E-state index contributed by atoms with van der Waals surface area (Å²) in [5.41, 5.74) is 2.06. The minimum absolute atomic E-state index is 0.104. The standard InChI is InChI=1S/C23H15ClFN5OS/c24-18-9-3-1-6-14(18)13-29-11-5-7-15(29)12-17-20(26)30-23(27-21(17)31)32-22(28-30)16-8-2-4-10-19(16)25/h1-12,26H,13H2/b17-12-,26-20?. The number of aliphatic imine (C=N–C) groups is 1. The summed E-state index contributed by atoms with van der Waals surface area (Å²) < 4.78 is 16.1. The van der Waals surface area contributed by atoms with Crippen LogP contribution in [0.5, 0.6) is 0 Å². The van der Waals surface area contributed by atoms with Crippen LogP contribution in [0.1, 0.15) is 16.8 Å². The fraction of sp³-hybridized carbons (Fsp3) is 0.0435. The SMILES string of the molecule is N=C1/C(=C/c2cccn2Cc2ccccc2Cl)C(=O)N=C2SC(c3ccccc3F)=NN12. The summed E-state index contributed by atoms with van der Waals surface area (Å²) in [6.07, 6.45) is 3.49. The second kappa shape index (κ2) is 8.22. The number of hydrazone groups is 1. The molecule has 0 saturated heterocycles. The zero-order chi connectivity index (χ0) is 22.2. The quantitative estimate of drug-likeness (QED) is 0.553. The zero-order valence-electron chi connectivity index (χ0n) is 16.5. The summed E-state index contributed by atoms with van der Waals surface area (Å²) in [5, 5.41) is 15.4. The van der Waals surface area contributed by atoms with Crippen molar-refractivity contribution in [3.8, 4) is 0 Å². The lowest BCUT2D eigenvalue weighted by atomic mass is 10.1. The molecule has 0 radical (unpaired) electrons. The number of carbonyl (C=O) groups excluding carboxylic acids is 1. The first-order valence-electron chi connectivity index (χ1n) is 9.65. The molecule has 0 unspecified atom stereocenters. The van der Waals surface area contributed by atoms with E-state index in [1.54, 1.807) is 24.3 Å². The highest BCUT2D eigenvalue weighted by Gasteiger charge is 2.36. The number of nitrogens with one attached hydrogen (secondary N) is 1. The summed E-state index contributed by atoms with van der Waals surface area (Å²) >= 11 is 7.35. The highest BCUT2D eigenvalue weighted by molar-refractivity contribution is 8.27. The lowest BCUT2D eigenvalue weighted by molar-refractivity contribution is -0.114. The minimum atomic E-state index is -0.538. The molecule has 2 aliphatic rings. The van der Waals surface area contributed by atoms with E-state index in [9.17, 15) is 9.18 Å². The van der Waals surface area contributed by atoms with Crippen molar-refractivity contribution in [3.05, 3.63) is 100 Å². The van der Waals surface area contributed by atoms with Crippen molar-refractivity contribution in [1.82, 2.24) is 9.58 Å². The first-order chi connectivity index (χ1) is 15.5. The summed E-state index contributed by atoms with van der Waals surface area (Å²) in [4.78, 5) is 16.8. The van der Waals surface area contributed by atoms with Crippen molar-refractivity contribution in [3.63, 3.8) is 0 Å². The van der Waals surface area contributed by atoms with Crippen LogP contribution in [0.3, 0.4) is 0 Å². The predicted molar refractivity (Wildman–Crippen MR) is 125 cm³/mol. The Labute approximate surface area is 192 Å². The fourth-order valence-corrected chi connectivity index (χ4v) is 4.51. The molecule has 0 saturated carbocycles. The van der Waals surface area contributed by atoms with E-state index >= 15 is 0 Å². The van der Waals surface area contributed by atoms with E-state index in [1.807, 2.05) is 47.2 Å². The molecule has 0 spiro atoms. The van der Waals surface area contributed by atoms with Gasteiger partial charge in [-0.25, -0.2) is 4.39 Å². The Kier molecular flexibility index (Phi) is 5.24. The first-order valence-corrected chi connectivity index (χ1v) is 10.8. The van der Waals surface area contributed by atoms with E-state index in [4.69, 9.17) is 17.0 Å². The summed E-state index contributed by atoms with van der Waals surface area (Å²) in [5.74, 6) is -1.07. The second-order valence-corrected chi connectivity index (χ2v) is 8.42. The van der Waals surface area contributed by atoms with E-state index in [-0.39, 0.29) is 16.6 Å². The number of fused-ring (bicyclic) bond motifs is 1. The van der Waals surface area contributed by atoms with Crippen LogP contribution in [0, 0.1) is 11.2 Å². The molecule has 0 bridgehead atoms. The number of amides is 1. The van der Waals surface area contributed by atoms with Gasteiger partial charge >= 0.3 is 0 Å². The second-order valence-electron chi connectivity index (χ2n) is 7.06. The number of hydrogen-bond acceptors (Lipinski definition) is 4. The maximum atomic E-state index is 14.2. The Morgan fingerprint density at radius 1 is 1.09 bits per heavy atom. The van der Waals surface area contributed by atoms with Gasteiger partial charge < -0.3 is 4.57 Å². The van der Waals surface area contributed by atoms with Crippen LogP contribution >= 0.6 is 23.4 Å². The minimum Gasteiger partial charge on any atom is -0.343 e. The molecule has 32 heavy (non-hydrogen) atoms. The summed E-state index contributed by atoms with van der Waals surface area (Å²) in [7, 11) is 0. The molecule has 2 aliphatic heterocycles. The van der Waals surface area contributed by atoms with Crippen LogP contribution in [0.15, 0.2) is 82.5 Å². The Balaban J connectivity index is 1.46. The number of thioether (sulfide) groups is 1. The van der Waals surface area contributed by atoms with E-state index < -0.39 is 11.7 Å². The molecule has 9 heteroatoms. The van der Waals surface area contributed by atoms with Gasteiger partial charge in [0.25, 0.3) is 5.91 Å². The van der Waals surface area contributed by atoms with E-state index in [2.05, 4.69) is 10.1 Å². The Bertz CT molecular complexity index is 1360. The highest BCUT2D eigenvalue weighted by atomic mass is 35.5. The number of hydrogen-bond donors (Lipinski definition) is 1. The van der Waals surface area contributed by atoms with Crippen molar-refractivity contribution in [2.75, 3.05) is 0 Å². The van der Waals surface area contributed by atoms with Crippen molar-refractivity contribution >= 4 is 51.4 Å². The van der Waals surface area contributed by atoms with Gasteiger partial charge in [-0.1, -0.05) is 41.9 Å². The summed E-state index contributed by atoms with van der Waals surface area (Å²) in [6, 6.07) is 17.5. The topological polar surface area (TPSA) is 73.8 Å². The fourth-order valence-electron chi connectivity index (χ4n) is 3.40. The predicted octanol–water partition coefficient (Wildman–Crippen LogP) is 5.00. The molecule has 0 fully saturated rings. The Morgan fingerprint density at radius 3 is 2.69 bits per heavy atom. The van der Waals surface area contributed by atoms with E-state index in [1.165, 1.54) is 11.1 Å². The van der Waals surface area contributed by atoms with Crippen LogP contribution in [0.25, 0.3) is 6.08 Å². The number of aromatic nitrogens is 1. The Morgan fingerprint density at radius 2 is 1.88 bits per heavy atom. The molecule has 1 N–H and O–H groups in total. The van der Waals surface area contributed by atoms with Crippen LogP contribution in [-0.2, 0) is 11.3 Å². The first kappa shape index (κ1) is 20.4. The van der Waals surface area contributed by atoms with Gasteiger partial charge in [0.05, 0.1) is 5.57 Å². The van der Waals surface area contributed by atoms with Crippen LogP contribution in [-0.4, -0.2) is 31.5 Å². The van der Waals surface area contributed by atoms with Gasteiger partial charge in [0.2, 0.25) is 5.17 Å². The molecule has 1 amide bonds. The number of halogens is 2. The number of carbonyl (C=O) groups is 1. The van der Waals surface area contributed by atoms with Crippen LogP contribution in [0.2, 0.25) is 5.02 Å². The van der Waals surface area contributed by atoms with Crippen LogP contribution in [0.4, 0.5) is 4.39 Å². The Hall–Kier alpha value is -3.49. The van der Waals surface area contributed by atoms with Gasteiger partial charge in [-0.15, -0.1) is 0 Å². The number of amidine groups is 2. The highest BCUT2D eigenvalue weighted by Crippen LogP contribution is 2.31. The van der Waals surface area contributed by atoms with Gasteiger partial charge in [0.15, 0.2) is 5.84 Å². The molecule has 0 aliphatic carbocycles. The van der Waals surface area contributed by atoms with Crippen LogP contribution < -0.4 is 0 Å². The van der Waals surface area contributed by atoms with Gasteiger partial charge in [0, 0.05) is 29.0 Å². The average Bonchev–Trinajstić information content (AvgIpc) is 3.40. The molecule has 2 aromatic carbocycles. The van der Waals surface area contributed by atoms with Crippen molar-refractivity contribution < 1.29 is 9.18 Å². The third-order valence-electron chi connectivity index (χ3n) is 5.01. The average molecular weight is 464 g/mol. The number of rotatable bonds is 4. The van der Waals surface area contributed by atoms with Gasteiger partial charge in [-0.3, -0.25) is 10.2 Å². The smallest absolute Gasteiger partial charge is 0.283 e. The molecule has 0 atom stereocenters. The van der Waals surface area contributed by atoms with E-state index in [0.29, 0.717) is 22.2 Å². The number of benzene rings is 2. The third-order valence-corrected chi connectivity index (χ3v) is 6.32.